The second kappa shape index (κ2) is 6.96. The first-order valence-corrected chi connectivity index (χ1v) is 7.93. The van der Waals surface area contributed by atoms with Gasteiger partial charge in [-0.15, -0.1) is 0 Å². The molecule has 0 radical (unpaired) electrons. The molecule has 1 fully saturated rings. The van der Waals surface area contributed by atoms with Crippen LogP contribution in [-0.4, -0.2) is 41.0 Å². The fourth-order valence-electron chi connectivity index (χ4n) is 2.85. The minimum absolute atomic E-state index is 0.0220. The molecule has 1 aliphatic heterocycles. The summed E-state index contributed by atoms with van der Waals surface area (Å²) in [6.07, 6.45) is 4.99. The van der Waals surface area contributed by atoms with Gasteiger partial charge in [0.1, 0.15) is 0 Å². The molecule has 0 spiro atoms. The SMILES string of the molecule is COc1ncc(C(=O)N2CCC(Cc3ccc(Cl)cc3)C2)cn1. The van der Waals surface area contributed by atoms with Crippen LogP contribution in [0.15, 0.2) is 36.7 Å². The van der Waals surface area contributed by atoms with Crippen LogP contribution in [-0.2, 0) is 6.42 Å². The molecular formula is C17H18ClN3O2. The molecule has 3 rings (SSSR count). The Morgan fingerprint density at radius 2 is 2.00 bits per heavy atom. The number of likely N-dealkylation sites (tertiary alicyclic amines) is 1. The number of carbonyl (C=O) groups excluding carboxylic acids is 1. The van der Waals surface area contributed by atoms with Crippen molar-refractivity contribution in [1.82, 2.24) is 14.9 Å². The molecule has 23 heavy (non-hydrogen) atoms. The highest BCUT2D eigenvalue weighted by Crippen LogP contribution is 2.23. The molecule has 0 N–H and O–H groups in total. The van der Waals surface area contributed by atoms with Crippen LogP contribution in [0.5, 0.6) is 6.01 Å². The van der Waals surface area contributed by atoms with Gasteiger partial charge in [-0.05, 0) is 36.5 Å². The number of rotatable bonds is 4. The van der Waals surface area contributed by atoms with Crippen molar-refractivity contribution >= 4 is 17.5 Å². The number of amides is 1. The standard InChI is InChI=1S/C17H18ClN3O2/c1-23-17-19-9-14(10-20-17)16(22)21-7-6-13(11-21)8-12-2-4-15(18)5-3-12/h2-5,9-10,13H,6-8,11H2,1H3. The van der Waals surface area contributed by atoms with E-state index in [-0.39, 0.29) is 11.9 Å². The minimum Gasteiger partial charge on any atom is -0.467 e. The zero-order chi connectivity index (χ0) is 16.2. The third-order valence-corrected chi connectivity index (χ3v) is 4.32. The highest BCUT2D eigenvalue weighted by atomic mass is 35.5. The van der Waals surface area contributed by atoms with Crippen LogP contribution in [0.3, 0.4) is 0 Å². The lowest BCUT2D eigenvalue weighted by molar-refractivity contribution is 0.0786. The Balaban J connectivity index is 1.60. The van der Waals surface area contributed by atoms with Crippen LogP contribution in [0.2, 0.25) is 5.02 Å². The Morgan fingerprint density at radius 1 is 1.30 bits per heavy atom. The van der Waals surface area contributed by atoms with E-state index in [1.54, 1.807) is 0 Å². The molecule has 1 amide bonds. The zero-order valence-electron chi connectivity index (χ0n) is 12.9. The summed E-state index contributed by atoms with van der Waals surface area (Å²) in [5, 5.41) is 0.747. The van der Waals surface area contributed by atoms with Gasteiger partial charge in [0.25, 0.3) is 5.91 Å². The fourth-order valence-corrected chi connectivity index (χ4v) is 2.98. The molecule has 2 heterocycles. The Hall–Kier alpha value is -2.14. The average Bonchev–Trinajstić information content (AvgIpc) is 3.05. The third-order valence-electron chi connectivity index (χ3n) is 4.07. The van der Waals surface area contributed by atoms with Gasteiger partial charge in [-0.1, -0.05) is 23.7 Å². The first-order chi connectivity index (χ1) is 11.2. The summed E-state index contributed by atoms with van der Waals surface area (Å²) in [5.41, 5.74) is 1.75. The number of benzene rings is 1. The lowest BCUT2D eigenvalue weighted by Crippen LogP contribution is -2.29. The molecule has 6 heteroatoms. The van der Waals surface area contributed by atoms with E-state index in [2.05, 4.69) is 9.97 Å². The van der Waals surface area contributed by atoms with Crippen molar-refractivity contribution in [3.63, 3.8) is 0 Å². The van der Waals surface area contributed by atoms with Crippen LogP contribution in [0, 0.1) is 5.92 Å². The van der Waals surface area contributed by atoms with Gasteiger partial charge in [-0.3, -0.25) is 4.79 Å². The lowest BCUT2D eigenvalue weighted by Gasteiger charge is -2.16. The van der Waals surface area contributed by atoms with E-state index < -0.39 is 0 Å². The minimum atomic E-state index is -0.0220. The third kappa shape index (κ3) is 3.79. The predicted octanol–water partition coefficient (Wildman–Crippen LogP) is 2.84. The summed E-state index contributed by atoms with van der Waals surface area (Å²) in [6.45, 7) is 1.52. The van der Waals surface area contributed by atoms with Gasteiger partial charge in [0.15, 0.2) is 0 Å². The number of hydrogen-bond donors (Lipinski definition) is 0. The van der Waals surface area contributed by atoms with E-state index >= 15 is 0 Å². The highest BCUT2D eigenvalue weighted by Gasteiger charge is 2.27. The molecule has 1 saturated heterocycles. The molecule has 1 unspecified atom stereocenters. The first kappa shape index (κ1) is 15.7. The van der Waals surface area contributed by atoms with E-state index in [0.717, 1.165) is 31.0 Å². The molecule has 0 saturated carbocycles. The van der Waals surface area contributed by atoms with Gasteiger partial charge in [0.2, 0.25) is 0 Å². The maximum Gasteiger partial charge on any atom is 0.316 e. The van der Waals surface area contributed by atoms with Crippen molar-refractivity contribution in [3.05, 3.63) is 52.8 Å². The van der Waals surface area contributed by atoms with Crippen molar-refractivity contribution in [2.45, 2.75) is 12.8 Å². The Labute approximate surface area is 140 Å². The number of halogens is 1. The smallest absolute Gasteiger partial charge is 0.316 e. The van der Waals surface area contributed by atoms with Gasteiger partial charge in [-0.25, -0.2) is 9.97 Å². The Morgan fingerprint density at radius 3 is 2.65 bits per heavy atom. The summed E-state index contributed by atoms with van der Waals surface area (Å²) in [5.74, 6) is 0.450. The molecule has 1 aliphatic rings. The quantitative estimate of drug-likeness (QED) is 0.864. The number of methoxy groups -OCH3 is 1. The predicted molar refractivity (Wildman–Crippen MR) is 87.8 cm³/mol. The molecule has 5 nitrogen and oxygen atoms in total. The van der Waals surface area contributed by atoms with Crippen LogP contribution in [0.4, 0.5) is 0 Å². The molecule has 1 atom stereocenters. The molecule has 0 aliphatic carbocycles. The second-order valence-corrected chi connectivity index (χ2v) is 6.13. The zero-order valence-corrected chi connectivity index (χ0v) is 13.7. The second-order valence-electron chi connectivity index (χ2n) is 5.69. The van der Waals surface area contributed by atoms with Crippen molar-refractivity contribution in [2.75, 3.05) is 20.2 Å². The van der Waals surface area contributed by atoms with Crippen molar-refractivity contribution < 1.29 is 9.53 Å². The van der Waals surface area contributed by atoms with Gasteiger partial charge in [0.05, 0.1) is 12.7 Å². The molecule has 1 aromatic heterocycles. The number of hydrogen-bond acceptors (Lipinski definition) is 4. The average molecular weight is 332 g/mol. The molecular weight excluding hydrogens is 314 g/mol. The van der Waals surface area contributed by atoms with Gasteiger partial charge >= 0.3 is 6.01 Å². The van der Waals surface area contributed by atoms with Gasteiger partial charge < -0.3 is 9.64 Å². The van der Waals surface area contributed by atoms with E-state index in [1.807, 2.05) is 29.2 Å². The van der Waals surface area contributed by atoms with Crippen molar-refractivity contribution in [3.8, 4) is 6.01 Å². The largest absolute Gasteiger partial charge is 0.467 e. The first-order valence-electron chi connectivity index (χ1n) is 7.55. The number of nitrogens with zero attached hydrogens (tertiary/aromatic N) is 3. The summed E-state index contributed by atoms with van der Waals surface area (Å²) < 4.78 is 4.91. The maximum absolute atomic E-state index is 12.5. The normalized spacial score (nSPS) is 17.3. The monoisotopic (exact) mass is 331 g/mol. The molecule has 0 bridgehead atoms. The lowest BCUT2D eigenvalue weighted by atomic mass is 9.99. The van der Waals surface area contributed by atoms with Crippen LogP contribution in [0.1, 0.15) is 22.3 Å². The summed E-state index contributed by atoms with van der Waals surface area (Å²) in [4.78, 5) is 22.3. The number of aromatic nitrogens is 2. The molecule has 120 valence electrons. The Kier molecular flexibility index (Phi) is 4.76. The topological polar surface area (TPSA) is 55.3 Å². The molecule has 1 aromatic carbocycles. The van der Waals surface area contributed by atoms with Gasteiger partial charge in [-0.2, -0.15) is 0 Å². The van der Waals surface area contributed by atoms with Crippen molar-refractivity contribution in [2.24, 2.45) is 5.92 Å². The van der Waals surface area contributed by atoms with Crippen LogP contribution in [0.25, 0.3) is 0 Å². The van der Waals surface area contributed by atoms with Crippen LogP contribution >= 0.6 is 11.6 Å². The molecule has 2 aromatic rings. The van der Waals surface area contributed by atoms with E-state index in [4.69, 9.17) is 16.3 Å². The van der Waals surface area contributed by atoms with Crippen molar-refractivity contribution in [1.29, 1.82) is 0 Å². The fraction of sp³-hybridized carbons (Fsp3) is 0.353. The van der Waals surface area contributed by atoms with E-state index in [9.17, 15) is 4.79 Å². The summed E-state index contributed by atoms with van der Waals surface area (Å²) >= 11 is 5.91. The number of carbonyl (C=O) groups is 1. The van der Waals surface area contributed by atoms with Crippen LogP contribution < -0.4 is 4.74 Å². The highest BCUT2D eigenvalue weighted by molar-refractivity contribution is 6.30. The maximum atomic E-state index is 12.5. The Bertz CT molecular complexity index is 673. The summed E-state index contributed by atoms with van der Waals surface area (Å²) in [6, 6.07) is 8.17. The number of ether oxygens (including phenoxy) is 1. The summed E-state index contributed by atoms with van der Waals surface area (Å²) in [7, 11) is 1.50. The van der Waals surface area contributed by atoms with E-state index in [0.29, 0.717) is 11.5 Å². The van der Waals surface area contributed by atoms with Gasteiger partial charge in [0, 0.05) is 30.5 Å². The van der Waals surface area contributed by atoms with E-state index in [1.165, 1.54) is 25.1 Å².